The fourth-order valence-corrected chi connectivity index (χ4v) is 5.24. The van der Waals surface area contributed by atoms with Crippen LogP contribution < -0.4 is 10.9 Å². The summed E-state index contributed by atoms with van der Waals surface area (Å²) in [7, 11) is 0. The van der Waals surface area contributed by atoms with E-state index in [0.717, 1.165) is 30.8 Å². The molecular formula is C25H24F4N6O2S. The number of nitrogens with zero attached hydrogens (tertiary/aromatic N) is 5. The smallest absolute Gasteiger partial charge is 0.342 e. The van der Waals surface area contributed by atoms with E-state index in [9.17, 15) is 27.2 Å². The molecule has 1 atom stereocenters. The van der Waals surface area contributed by atoms with Gasteiger partial charge in [0.1, 0.15) is 12.7 Å². The van der Waals surface area contributed by atoms with Crippen LogP contribution in [-0.4, -0.2) is 68.5 Å². The van der Waals surface area contributed by atoms with Gasteiger partial charge in [0.25, 0.3) is 11.5 Å². The Hall–Kier alpha value is -3.58. The number of halogens is 4. The molecule has 0 radical (unpaired) electrons. The molecule has 5 rings (SSSR count). The number of thiophene rings is 1. The van der Waals surface area contributed by atoms with Crippen molar-refractivity contribution in [2.24, 2.45) is 0 Å². The maximum Gasteiger partial charge on any atom is 0.405 e. The van der Waals surface area contributed by atoms with Crippen LogP contribution in [0, 0.1) is 0 Å². The quantitative estimate of drug-likeness (QED) is 0.337. The van der Waals surface area contributed by atoms with E-state index in [4.69, 9.17) is 0 Å². The summed E-state index contributed by atoms with van der Waals surface area (Å²) in [5.74, 6) is -0.801. The van der Waals surface area contributed by atoms with Crippen LogP contribution in [0.2, 0.25) is 0 Å². The molecule has 200 valence electrons. The van der Waals surface area contributed by atoms with Crippen LogP contribution in [0.25, 0.3) is 27.9 Å². The number of amides is 1. The van der Waals surface area contributed by atoms with Crippen LogP contribution in [0.15, 0.2) is 53.2 Å². The Labute approximate surface area is 218 Å². The minimum atomic E-state index is -4.49. The first kappa shape index (κ1) is 26.0. The molecule has 13 heteroatoms. The molecule has 4 aromatic heterocycles. The molecule has 0 unspecified atom stereocenters. The van der Waals surface area contributed by atoms with Gasteiger partial charge in [-0.25, -0.2) is 13.9 Å². The number of likely N-dealkylation sites (tertiary alicyclic amines) is 1. The maximum atomic E-state index is 13.3. The first-order chi connectivity index (χ1) is 18.2. The summed E-state index contributed by atoms with van der Waals surface area (Å²) in [6, 6.07) is 4.86. The fraction of sp³-hybridized carbons (Fsp3) is 0.360. The monoisotopic (exact) mass is 548 g/mol. The highest BCUT2D eigenvalue weighted by molar-refractivity contribution is 7.12. The van der Waals surface area contributed by atoms with Crippen molar-refractivity contribution in [1.29, 1.82) is 0 Å². The lowest BCUT2D eigenvalue weighted by Gasteiger charge is -2.14. The molecule has 1 saturated heterocycles. The maximum absolute atomic E-state index is 13.3. The van der Waals surface area contributed by atoms with Crippen molar-refractivity contribution in [1.82, 2.24) is 29.4 Å². The summed E-state index contributed by atoms with van der Waals surface area (Å²) < 4.78 is 53.6. The Balaban J connectivity index is 1.27. The lowest BCUT2D eigenvalue weighted by molar-refractivity contribution is -0.123. The number of carbonyl (C=O) groups is 1. The van der Waals surface area contributed by atoms with Gasteiger partial charge in [-0.1, -0.05) is 0 Å². The van der Waals surface area contributed by atoms with Crippen molar-refractivity contribution in [3.05, 3.63) is 63.6 Å². The average molecular weight is 549 g/mol. The normalized spacial score (nSPS) is 16.4. The molecule has 4 aromatic rings. The van der Waals surface area contributed by atoms with Crippen LogP contribution in [0.3, 0.4) is 0 Å². The van der Waals surface area contributed by atoms with E-state index in [1.54, 1.807) is 39.2 Å². The second kappa shape index (κ2) is 10.7. The molecule has 0 aromatic carbocycles. The van der Waals surface area contributed by atoms with E-state index >= 15 is 0 Å². The molecule has 1 aliphatic rings. The SMILES string of the molecule is O=C(NCC(F)(F)F)c1cc(-c2cnn3cc(-c4ccn(CCCN5CC[C@H](F)C5)c(=O)c4)cnc23)cs1. The molecule has 0 saturated carbocycles. The summed E-state index contributed by atoms with van der Waals surface area (Å²) in [5.41, 5.74) is 2.94. The Kier molecular flexibility index (Phi) is 7.30. The number of carbonyl (C=O) groups excluding carboxylic acids is 1. The third-order valence-electron chi connectivity index (χ3n) is 6.36. The Bertz CT molecular complexity index is 1510. The van der Waals surface area contributed by atoms with Crippen molar-refractivity contribution in [2.45, 2.75) is 31.7 Å². The summed E-state index contributed by atoms with van der Waals surface area (Å²) in [6.07, 6.45) is 2.73. The van der Waals surface area contributed by atoms with E-state index < -0.39 is 24.8 Å². The van der Waals surface area contributed by atoms with E-state index in [1.165, 1.54) is 12.1 Å². The van der Waals surface area contributed by atoms with Gasteiger partial charge in [-0.05, 0) is 48.0 Å². The predicted octanol–water partition coefficient (Wildman–Crippen LogP) is 4.01. The number of hydrogen-bond acceptors (Lipinski definition) is 6. The van der Waals surface area contributed by atoms with Gasteiger partial charge in [-0.3, -0.25) is 9.59 Å². The topological polar surface area (TPSA) is 84.5 Å². The van der Waals surface area contributed by atoms with Gasteiger partial charge in [-0.15, -0.1) is 11.3 Å². The number of alkyl halides is 4. The van der Waals surface area contributed by atoms with Gasteiger partial charge in [0.05, 0.1) is 11.1 Å². The number of pyridine rings is 1. The average Bonchev–Trinajstić information content (AvgIpc) is 3.62. The Morgan fingerprint density at radius 1 is 1.16 bits per heavy atom. The number of aryl methyl sites for hydroxylation is 1. The molecule has 0 spiro atoms. The molecule has 1 N–H and O–H groups in total. The largest absolute Gasteiger partial charge is 0.405 e. The third kappa shape index (κ3) is 5.94. The third-order valence-corrected chi connectivity index (χ3v) is 7.29. The highest BCUT2D eigenvalue weighted by Gasteiger charge is 2.28. The van der Waals surface area contributed by atoms with Gasteiger partial charge in [0.15, 0.2) is 5.65 Å². The summed E-state index contributed by atoms with van der Waals surface area (Å²) in [6.45, 7) is 1.11. The van der Waals surface area contributed by atoms with Crippen molar-refractivity contribution in [2.75, 3.05) is 26.2 Å². The molecule has 8 nitrogen and oxygen atoms in total. The second-order valence-electron chi connectivity index (χ2n) is 9.15. The number of rotatable bonds is 8. The molecule has 0 bridgehead atoms. The Morgan fingerprint density at radius 3 is 2.74 bits per heavy atom. The number of hydrogen-bond donors (Lipinski definition) is 1. The van der Waals surface area contributed by atoms with Crippen LogP contribution in [0.1, 0.15) is 22.5 Å². The summed E-state index contributed by atoms with van der Waals surface area (Å²) in [4.78, 5) is 31.4. The first-order valence-electron chi connectivity index (χ1n) is 12.0. The van der Waals surface area contributed by atoms with Gasteiger partial charge in [-0.2, -0.15) is 18.3 Å². The minimum absolute atomic E-state index is 0.146. The number of fused-ring (bicyclic) bond motifs is 1. The zero-order valence-corrected chi connectivity index (χ0v) is 20.9. The van der Waals surface area contributed by atoms with Gasteiger partial charge >= 0.3 is 6.18 Å². The van der Waals surface area contributed by atoms with E-state index in [1.807, 2.05) is 11.4 Å². The number of nitrogens with one attached hydrogen (secondary N) is 1. The molecule has 38 heavy (non-hydrogen) atoms. The van der Waals surface area contributed by atoms with Gasteiger partial charge in [0, 0.05) is 55.4 Å². The van der Waals surface area contributed by atoms with Crippen molar-refractivity contribution >= 4 is 22.9 Å². The van der Waals surface area contributed by atoms with Crippen molar-refractivity contribution in [3.63, 3.8) is 0 Å². The van der Waals surface area contributed by atoms with Crippen LogP contribution in [0.5, 0.6) is 0 Å². The van der Waals surface area contributed by atoms with Crippen LogP contribution >= 0.6 is 11.3 Å². The molecule has 1 amide bonds. The zero-order valence-electron chi connectivity index (χ0n) is 20.1. The Morgan fingerprint density at radius 2 is 2.00 bits per heavy atom. The fourth-order valence-electron chi connectivity index (χ4n) is 4.42. The van der Waals surface area contributed by atoms with E-state index in [2.05, 4.69) is 15.0 Å². The molecule has 5 heterocycles. The van der Waals surface area contributed by atoms with Gasteiger partial charge in [0.2, 0.25) is 0 Å². The zero-order chi connectivity index (χ0) is 26.9. The molecule has 0 aliphatic carbocycles. The standard InChI is InChI=1S/C25H24F4N6O2S/c26-19-3-6-33(13-19)4-1-5-34-7-2-16(9-22(34)36)18-10-30-23-20(11-32-35(23)12-18)17-8-21(38-14-17)24(37)31-15-25(27,28)29/h2,7-12,14,19H,1,3-6,13,15H2,(H,31,37)/t19-/m0/s1. The van der Waals surface area contributed by atoms with Gasteiger partial charge < -0.3 is 14.8 Å². The minimum Gasteiger partial charge on any atom is -0.342 e. The first-order valence-corrected chi connectivity index (χ1v) is 12.9. The van der Waals surface area contributed by atoms with Crippen molar-refractivity contribution in [3.8, 4) is 22.3 Å². The highest BCUT2D eigenvalue weighted by Crippen LogP contribution is 2.29. The van der Waals surface area contributed by atoms with Crippen molar-refractivity contribution < 1.29 is 22.4 Å². The lowest BCUT2D eigenvalue weighted by atomic mass is 10.1. The van der Waals surface area contributed by atoms with Crippen LogP contribution in [-0.2, 0) is 6.54 Å². The summed E-state index contributed by atoms with van der Waals surface area (Å²) >= 11 is 1.03. The number of aromatic nitrogens is 4. The predicted molar refractivity (Wildman–Crippen MR) is 135 cm³/mol. The second-order valence-corrected chi connectivity index (χ2v) is 10.1. The van der Waals surface area contributed by atoms with E-state index in [0.29, 0.717) is 47.4 Å². The lowest BCUT2D eigenvalue weighted by Crippen LogP contribution is -2.33. The molecule has 1 aliphatic heterocycles. The summed E-state index contributed by atoms with van der Waals surface area (Å²) in [5, 5.41) is 7.84. The molecule has 1 fully saturated rings. The van der Waals surface area contributed by atoms with Crippen LogP contribution in [0.4, 0.5) is 17.6 Å². The highest BCUT2D eigenvalue weighted by atomic mass is 32.1. The molecular weight excluding hydrogens is 524 g/mol. The van der Waals surface area contributed by atoms with E-state index in [-0.39, 0.29) is 10.4 Å².